The molecule has 7 heteroatoms. The first-order valence-corrected chi connectivity index (χ1v) is 9.83. The van der Waals surface area contributed by atoms with Gasteiger partial charge in [-0.1, -0.05) is 30.3 Å². The molecule has 1 fully saturated rings. The maximum absolute atomic E-state index is 12.5. The molecule has 2 heterocycles. The van der Waals surface area contributed by atoms with Gasteiger partial charge >= 0.3 is 0 Å². The van der Waals surface area contributed by atoms with E-state index in [1.165, 1.54) is 18.2 Å². The molecule has 0 bridgehead atoms. The van der Waals surface area contributed by atoms with Gasteiger partial charge in [0.2, 0.25) is 0 Å². The van der Waals surface area contributed by atoms with Crippen molar-refractivity contribution in [2.45, 2.75) is 26.1 Å². The highest BCUT2D eigenvalue weighted by Gasteiger charge is 2.26. The monoisotopic (exact) mass is 409 g/mol. The molecule has 0 aliphatic carbocycles. The molecule has 1 N–H and O–H groups in total. The van der Waals surface area contributed by atoms with Gasteiger partial charge in [-0.2, -0.15) is 0 Å². The molecule has 7 nitrogen and oxygen atoms in total. The van der Waals surface area contributed by atoms with E-state index in [0.717, 1.165) is 5.56 Å². The summed E-state index contributed by atoms with van der Waals surface area (Å²) in [5, 5.41) is 10.4. The Hall–Kier alpha value is -3.32. The minimum atomic E-state index is -0.355. The number of rotatable bonds is 4. The Bertz CT molecular complexity index is 1110. The third-order valence-corrected chi connectivity index (χ3v) is 4.98. The molecule has 0 saturated carbocycles. The molecule has 30 heavy (non-hydrogen) atoms. The Kier molecular flexibility index (Phi) is 5.46. The molecule has 1 aromatic heterocycles. The maximum atomic E-state index is 12.5. The predicted octanol–water partition coefficient (Wildman–Crippen LogP) is 3.18. The lowest BCUT2D eigenvalue weighted by atomic mass is 10.1. The summed E-state index contributed by atoms with van der Waals surface area (Å²) in [6.45, 7) is 4.66. The van der Waals surface area contributed by atoms with E-state index in [2.05, 4.69) is 0 Å². The average Bonchev–Trinajstić information content (AvgIpc) is 2.71. The van der Waals surface area contributed by atoms with Crippen molar-refractivity contribution in [3.63, 3.8) is 0 Å². The highest BCUT2D eigenvalue weighted by molar-refractivity contribution is 5.86. The molecule has 1 amide bonds. The molecule has 1 saturated heterocycles. The summed E-state index contributed by atoms with van der Waals surface area (Å²) in [4.78, 5) is 26.7. The topological polar surface area (TPSA) is 89.2 Å². The Labute approximate surface area is 173 Å². The standard InChI is InChI=1S/C23H23NO6/c1-14-11-24(12-15(2)29-14)22(27)13-28-17-8-18(25)23-19(26)10-20(30-21(23)9-17)16-6-4-3-5-7-16/h3-10,14-15,25H,11-13H2,1-2H3/t14-,15+. The number of morpholine rings is 1. The van der Waals surface area contributed by atoms with E-state index in [4.69, 9.17) is 13.9 Å². The van der Waals surface area contributed by atoms with Crippen LogP contribution in [-0.2, 0) is 9.53 Å². The van der Waals surface area contributed by atoms with E-state index < -0.39 is 0 Å². The molecule has 2 atom stereocenters. The van der Waals surface area contributed by atoms with Gasteiger partial charge in [0.1, 0.15) is 28.2 Å². The van der Waals surface area contributed by atoms with Crippen LogP contribution in [0.5, 0.6) is 11.5 Å². The van der Waals surface area contributed by atoms with Crippen molar-refractivity contribution in [2.75, 3.05) is 19.7 Å². The second-order valence-corrected chi connectivity index (χ2v) is 7.50. The Balaban J connectivity index is 1.57. The fraction of sp³-hybridized carbons (Fsp3) is 0.304. The van der Waals surface area contributed by atoms with Crippen molar-refractivity contribution in [3.8, 4) is 22.8 Å². The van der Waals surface area contributed by atoms with Gasteiger partial charge in [0.15, 0.2) is 12.0 Å². The quantitative estimate of drug-likeness (QED) is 0.712. The first kappa shape index (κ1) is 20.0. The second kappa shape index (κ2) is 8.20. The second-order valence-electron chi connectivity index (χ2n) is 7.50. The SMILES string of the molecule is C[C@@H]1CN(C(=O)COc2cc(O)c3c(=O)cc(-c4ccccc4)oc3c2)C[C@H](C)O1. The summed E-state index contributed by atoms with van der Waals surface area (Å²) in [6, 6.07) is 13.4. The van der Waals surface area contributed by atoms with Crippen LogP contribution in [0.25, 0.3) is 22.3 Å². The number of nitrogens with zero attached hydrogens (tertiary/aromatic N) is 1. The van der Waals surface area contributed by atoms with Gasteiger partial charge in [0, 0.05) is 36.9 Å². The van der Waals surface area contributed by atoms with Crippen LogP contribution in [0.2, 0.25) is 0 Å². The minimum absolute atomic E-state index is 0.0342. The van der Waals surface area contributed by atoms with Gasteiger partial charge in [-0.15, -0.1) is 0 Å². The molecule has 0 spiro atoms. The first-order chi connectivity index (χ1) is 14.4. The molecule has 0 radical (unpaired) electrons. The van der Waals surface area contributed by atoms with Crippen molar-refractivity contribution < 1.29 is 23.8 Å². The molecule has 3 aromatic rings. The van der Waals surface area contributed by atoms with Crippen LogP contribution >= 0.6 is 0 Å². The van der Waals surface area contributed by atoms with Crippen molar-refractivity contribution >= 4 is 16.9 Å². The van der Waals surface area contributed by atoms with Crippen LogP contribution < -0.4 is 10.2 Å². The van der Waals surface area contributed by atoms with Crippen molar-refractivity contribution in [1.82, 2.24) is 4.90 Å². The Morgan fingerprint density at radius 3 is 2.53 bits per heavy atom. The van der Waals surface area contributed by atoms with Crippen LogP contribution in [0.4, 0.5) is 0 Å². The number of phenolic OH excluding ortho intramolecular Hbond substituents is 1. The molecule has 2 aromatic carbocycles. The third kappa shape index (κ3) is 4.16. The minimum Gasteiger partial charge on any atom is -0.507 e. The number of phenols is 1. The highest BCUT2D eigenvalue weighted by Crippen LogP contribution is 2.31. The summed E-state index contributed by atoms with van der Waals surface area (Å²) in [5.74, 6) is 0.209. The van der Waals surface area contributed by atoms with Crippen LogP contribution in [-0.4, -0.2) is 47.8 Å². The smallest absolute Gasteiger partial charge is 0.260 e. The number of ether oxygens (including phenoxy) is 2. The lowest BCUT2D eigenvalue weighted by molar-refractivity contribution is -0.145. The van der Waals surface area contributed by atoms with Crippen molar-refractivity contribution in [2.24, 2.45) is 0 Å². The van der Waals surface area contributed by atoms with E-state index in [1.54, 1.807) is 4.90 Å². The van der Waals surface area contributed by atoms with Crippen LogP contribution in [0, 0.1) is 0 Å². The fourth-order valence-electron chi connectivity index (χ4n) is 3.69. The van der Waals surface area contributed by atoms with Gasteiger partial charge in [0.25, 0.3) is 5.91 Å². The highest BCUT2D eigenvalue weighted by atomic mass is 16.5. The van der Waals surface area contributed by atoms with Gasteiger partial charge < -0.3 is 23.9 Å². The predicted molar refractivity (Wildman–Crippen MR) is 112 cm³/mol. The zero-order valence-corrected chi connectivity index (χ0v) is 16.8. The van der Waals surface area contributed by atoms with Gasteiger partial charge in [-0.25, -0.2) is 0 Å². The van der Waals surface area contributed by atoms with E-state index in [0.29, 0.717) is 18.8 Å². The summed E-state index contributed by atoms with van der Waals surface area (Å²) in [5.41, 5.74) is 0.581. The van der Waals surface area contributed by atoms with Gasteiger partial charge in [0.05, 0.1) is 12.2 Å². The van der Waals surface area contributed by atoms with Gasteiger partial charge in [-0.3, -0.25) is 9.59 Å². The maximum Gasteiger partial charge on any atom is 0.260 e. The number of benzene rings is 2. The Morgan fingerprint density at radius 2 is 1.83 bits per heavy atom. The summed E-state index contributed by atoms with van der Waals surface area (Å²) >= 11 is 0. The van der Waals surface area contributed by atoms with Gasteiger partial charge in [-0.05, 0) is 13.8 Å². The molecule has 4 rings (SSSR count). The normalized spacial score (nSPS) is 19.1. The molecule has 1 aliphatic heterocycles. The molecular weight excluding hydrogens is 386 g/mol. The summed E-state index contributed by atoms with van der Waals surface area (Å²) < 4.78 is 17.1. The number of aromatic hydroxyl groups is 1. The lowest BCUT2D eigenvalue weighted by Gasteiger charge is -2.35. The fourth-order valence-corrected chi connectivity index (χ4v) is 3.69. The van der Waals surface area contributed by atoms with Crippen LogP contribution in [0.15, 0.2) is 57.7 Å². The van der Waals surface area contributed by atoms with E-state index in [9.17, 15) is 14.7 Å². The third-order valence-electron chi connectivity index (χ3n) is 4.98. The van der Waals surface area contributed by atoms with Crippen molar-refractivity contribution in [3.05, 3.63) is 58.8 Å². The number of hydrogen-bond donors (Lipinski definition) is 1. The zero-order valence-electron chi connectivity index (χ0n) is 16.8. The molecule has 156 valence electrons. The van der Waals surface area contributed by atoms with Crippen LogP contribution in [0.1, 0.15) is 13.8 Å². The molecule has 1 aliphatic rings. The van der Waals surface area contributed by atoms with E-state index in [1.807, 2.05) is 44.2 Å². The van der Waals surface area contributed by atoms with E-state index in [-0.39, 0.29) is 52.6 Å². The number of hydrogen-bond acceptors (Lipinski definition) is 6. The van der Waals surface area contributed by atoms with Crippen LogP contribution in [0.3, 0.4) is 0 Å². The summed E-state index contributed by atoms with van der Waals surface area (Å²) in [7, 11) is 0. The number of carbonyl (C=O) groups is 1. The van der Waals surface area contributed by atoms with Crippen molar-refractivity contribution in [1.29, 1.82) is 0 Å². The lowest BCUT2D eigenvalue weighted by Crippen LogP contribution is -2.49. The Morgan fingerprint density at radius 1 is 1.13 bits per heavy atom. The summed E-state index contributed by atoms with van der Waals surface area (Å²) in [6.07, 6.45) is -0.0683. The largest absolute Gasteiger partial charge is 0.507 e. The number of amides is 1. The molecular formula is C23H23NO6. The number of carbonyl (C=O) groups excluding carboxylic acids is 1. The zero-order chi connectivity index (χ0) is 21.3. The molecule has 0 unspecified atom stereocenters. The number of fused-ring (bicyclic) bond motifs is 1. The average molecular weight is 409 g/mol. The first-order valence-electron chi connectivity index (χ1n) is 9.83. The van der Waals surface area contributed by atoms with E-state index >= 15 is 0 Å².